The van der Waals surface area contributed by atoms with Crippen molar-refractivity contribution in [3.63, 3.8) is 0 Å². The first-order valence-electron chi connectivity index (χ1n) is 4.16. The van der Waals surface area contributed by atoms with Crippen molar-refractivity contribution in [1.29, 1.82) is 0 Å². The number of nitrogens with two attached hydrogens (primary N) is 1. The molecule has 0 unspecified atom stereocenters. The Bertz CT molecular complexity index is 322. The lowest BCUT2D eigenvalue weighted by molar-refractivity contribution is -0.0116. The van der Waals surface area contributed by atoms with Crippen LogP contribution in [-0.2, 0) is 19.4 Å². The summed E-state index contributed by atoms with van der Waals surface area (Å²) in [7, 11) is 0. The Labute approximate surface area is 78.8 Å². The average Bonchev–Trinajstić information content (AvgIpc) is 2.44. The molecular formula is C8H10F2N2S. The van der Waals surface area contributed by atoms with Crippen LogP contribution in [0.4, 0.5) is 8.78 Å². The zero-order valence-corrected chi connectivity index (χ0v) is 7.83. The fourth-order valence-electron chi connectivity index (χ4n) is 1.48. The van der Waals surface area contributed by atoms with Gasteiger partial charge in [0.1, 0.15) is 5.01 Å². The number of halogens is 2. The lowest BCUT2D eigenvalue weighted by atomic mass is 9.99. The summed E-state index contributed by atoms with van der Waals surface area (Å²) in [5.41, 5.74) is 6.22. The van der Waals surface area contributed by atoms with E-state index in [4.69, 9.17) is 5.73 Å². The molecule has 0 saturated carbocycles. The van der Waals surface area contributed by atoms with E-state index in [0.717, 1.165) is 15.6 Å². The lowest BCUT2D eigenvalue weighted by Gasteiger charge is -2.19. The van der Waals surface area contributed by atoms with E-state index in [1.807, 2.05) is 0 Å². The van der Waals surface area contributed by atoms with Gasteiger partial charge in [0.2, 0.25) is 0 Å². The van der Waals surface area contributed by atoms with Crippen LogP contribution in [0, 0.1) is 0 Å². The van der Waals surface area contributed by atoms with Gasteiger partial charge in [-0.1, -0.05) is 0 Å². The summed E-state index contributed by atoms with van der Waals surface area (Å²) in [5, 5.41) is 0.766. The zero-order valence-electron chi connectivity index (χ0n) is 7.02. The maximum atomic E-state index is 12.9. The lowest BCUT2D eigenvalue weighted by Crippen LogP contribution is -2.24. The van der Waals surface area contributed by atoms with Gasteiger partial charge >= 0.3 is 0 Å². The second kappa shape index (κ2) is 2.99. The van der Waals surface area contributed by atoms with Crippen LogP contribution in [0.3, 0.4) is 0 Å². The van der Waals surface area contributed by atoms with Gasteiger partial charge in [-0.05, 0) is 6.42 Å². The molecule has 0 atom stereocenters. The second-order valence-corrected chi connectivity index (χ2v) is 4.38. The Morgan fingerprint density at radius 2 is 2.31 bits per heavy atom. The summed E-state index contributed by atoms with van der Waals surface area (Å²) >= 11 is 1.32. The summed E-state index contributed by atoms with van der Waals surface area (Å²) in [4.78, 5) is 4.91. The molecule has 5 heteroatoms. The van der Waals surface area contributed by atoms with E-state index in [2.05, 4.69) is 4.98 Å². The molecule has 72 valence electrons. The monoisotopic (exact) mass is 204 g/mol. The molecule has 13 heavy (non-hydrogen) atoms. The maximum absolute atomic E-state index is 12.9. The van der Waals surface area contributed by atoms with Gasteiger partial charge in [-0.25, -0.2) is 13.8 Å². The number of fused-ring (bicyclic) bond motifs is 1. The van der Waals surface area contributed by atoms with Crippen molar-refractivity contribution in [1.82, 2.24) is 4.98 Å². The first-order valence-corrected chi connectivity index (χ1v) is 4.98. The summed E-state index contributed by atoms with van der Waals surface area (Å²) in [6.45, 7) is 0.350. The molecule has 0 aliphatic heterocycles. The van der Waals surface area contributed by atoms with Gasteiger partial charge in [-0.2, -0.15) is 0 Å². The highest BCUT2D eigenvalue weighted by atomic mass is 32.1. The summed E-state index contributed by atoms with van der Waals surface area (Å²) < 4.78 is 25.9. The highest BCUT2D eigenvalue weighted by Crippen LogP contribution is 2.35. The Balaban J connectivity index is 2.30. The summed E-state index contributed by atoms with van der Waals surface area (Å²) in [6, 6.07) is 0. The fourth-order valence-corrected chi connectivity index (χ4v) is 2.55. The predicted octanol–water partition coefficient (Wildman–Crippen LogP) is 1.73. The van der Waals surface area contributed by atoms with Gasteiger partial charge in [0.25, 0.3) is 5.92 Å². The molecule has 0 radical (unpaired) electrons. The van der Waals surface area contributed by atoms with Crippen molar-refractivity contribution < 1.29 is 8.78 Å². The van der Waals surface area contributed by atoms with Gasteiger partial charge in [0.05, 0.1) is 5.69 Å². The number of hydrogen-bond donors (Lipinski definition) is 1. The number of nitrogens with zero attached hydrogens (tertiary/aromatic N) is 1. The largest absolute Gasteiger partial charge is 0.325 e. The van der Waals surface area contributed by atoms with E-state index in [1.165, 1.54) is 11.3 Å². The molecule has 1 aromatic heterocycles. The molecule has 1 aliphatic rings. The number of hydrogen-bond acceptors (Lipinski definition) is 3. The quantitative estimate of drug-likeness (QED) is 0.756. The predicted molar refractivity (Wildman–Crippen MR) is 47.0 cm³/mol. The van der Waals surface area contributed by atoms with Gasteiger partial charge < -0.3 is 5.73 Å². The van der Waals surface area contributed by atoms with Crippen molar-refractivity contribution >= 4 is 11.3 Å². The van der Waals surface area contributed by atoms with Crippen LogP contribution in [0.15, 0.2) is 0 Å². The SMILES string of the molecule is NCc1nc2c(s1)CC(F)(F)CC2. The van der Waals surface area contributed by atoms with Crippen LogP contribution in [0.25, 0.3) is 0 Å². The molecule has 2 nitrogen and oxygen atoms in total. The molecule has 0 saturated heterocycles. The molecule has 0 spiro atoms. The fraction of sp³-hybridized carbons (Fsp3) is 0.625. The van der Waals surface area contributed by atoms with Crippen molar-refractivity contribution in [2.45, 2.75) is 31.7 Å². The van der Waals surface area contributed by atoms with Crippen molar-refractivity contribution in [3.05, 3.63) is 15.6 Å². The van der Waals surface area contributed by atoms with E-state index in [0.29, 0.717) is 13.0 Å². The van der Waals surface area contributed by atoms with Crippen molar-refractivity contribution in [2.75, 3.05) is 0 Å². The third-order valence-electron chi connectivity index (χ3n) is 2.14. The normalized spacial score (nSPS) is 19.9. The van der Waals surface area contributed by atoms with E-state index >= 15 is 0 Å². The number of thiazole rings is 1. The van der Waals surface area contributed by atoms with Gasteiger partial charge in [-0.15, -0.1) is 11.3 Å². The molecule has 2 N–H and O–H groups in total. The van der Waals surface area contributed by atoms with Gasteiger partial charge in [0.15, 0.2) is 0 Å². The first kappa shape index (κ1) is 9.02. The number of alkyl halides is 2. The standard InChI is InChI=1S/C8H10F2N2S/c9-8(10)2-1-5-6(3-8)13-7(4-11)12-5/h1-4,11H2. The Kier molecular flexibility index (Phi) is 2.08. The molecule has 1 aromatic rings. The Morgan fingerprint density at radius 1 is 1.54 bits per heavy atom. The molecule has 1 aliphatic carbocycles. The molecule has 1 heterocycles. The third-order valence-corrected chi connectivity index (χ3v) is 3.26. The summed E-state index contributed by atoms with van der Waals surface area (Å²) in [5.74, 6) is -2.54. The van der Waals surface area contributed by atoms with Crippen LogP contribution >= 0.6 is 11.3 Å². The summed E-state index contributed by atoms with van der Waals surface area (Å²) in [6.07, 6.45) is 0.159. The van der Waals surface area contributed by atoms with Gasteiger partial charge in [-0.3, -0.25) is 0 Å². The minimum atomic E-state index is -2.54. The molecule has 0 bridgehead atoms. The second-order valence-electron chi connectivity index (χ2n) is 3.21. The van der Waals surface area contributed by atoms with Crippen LogP contribution in [0.2, 0.25) is 0 Å². The average molecular weight is 204 g/mol. The van der Waals surface area contributed by atoms with Crippen molar-refractivity contribution in [3.8, 4) is 0 Å². The van der Waals surface area contributed by atoms with E-state index < -0.39 is 5.92 Å². The molecular weight excluding hydrogens is 194 g/mol. The topological polar surface area (TPSA) is 38.9 Å². The zero-order chi connectivity index (χ0) is 9.47. The Morgan fingerprint density at radius 3 is 3.00 bits per heavy atom. The highest BCUT2D eigenvalue weighted by Gasteiger charge is 2.35. The van der Waals surface area contributed by atoms with E-state index in [9.17, 15) is 8.78 Å². The van der Waals surface area contributed by atoms with Gasteiger partial charge in [0, 0.05) is 24.3 Å². The third kappa shape index (κ3) is 1.71. The number of aryl methyl sites for hydroxylation is 1. The van der Waals surface area contributed by atoms with E-state index in [1.54, 1.807) is 0 Å². The first-order chi connectivity index (χ1) is 6.11. The molecule has 2 rings (SSSR count). The van der Waals surface area contributed by atoms with Crippen LogP contribution in [0.5, 0.6) is 0 Å². The minimum absolute atomic E-state index is 0.0757. The highest BCUT2D eigenvalue weighted by molar-refractivity contribution is 7.11. The van der Waals surface area contributed by atoms with Crippen LogP contribution < -0.4 is 5.73 Å². The van der Waals surface area contributed by atoms with E-state index in [-0.39, 0.29) is 12.8 Å². The minimum Gasteiger partial charge on any atom is -0.325 e. The van der Waals surface area contributed by atoms with Crippen molar-refractivity contribution in [2.24, 2.45) is 5.73 Å². The molecule has 0 aromatic carbocycles. The number of aromatic nitrogens is 1. The maximum Gasteiger partial charge on any atom is 0.253 e. The molecule has 0 amide bonds. The van der Waals surface area contributed by atoms with Crippen LogP contribution in [0.1, 0.15) is 22.0 Å². The Hall–Kier alpha value is -0.550. The molecule has 0 fully saturated rings. The van der Waals surface area contributed by atoms with Crippen LogP contribution in [-0.4, -0.2) is 10.9 Å². The smallest absolute Gasteiger partial charge is 0.253 e. The number of rotatable bonds is 1.